The minimum Gasteiger partial charge on any atom is -0.451 e. The zero-order valence-corrected chi connectivity index (χ0v) is 14.1. The number of piperidine rings is 3. The van der Waals surface area contributed by atoms with Gasteiger partial charge < -0.3 is 9.32 Å². The quantitative estimate of drug-likeness (QED) is 0.827. The van der Waals surface area contributed by atoms with Gasteiger partial charge in [0, 0.05) is 24.6 Å². The van der Waals surface area contributed by atoms with Gasteiger partial charge in [-0.15, -0.1) is 0 Å². The molecule has 1 aromatic heterocycles. The first-order valence-corrected chi connectivity index (χ1v) is 9.01. The third kappa shape index (κ3) is 2.37. The van der Waals surface area contributed by atoms with E-state index in [9.17, 15) is 13.6 Å². The molecule has 3 atom stereocenters. The van der Waals surface area contributed by atoms with Gasteiger partial charge in [0.05, 0.1) is 6.04 Å². The number of nitrogens with zero attached hydrogens (tertiary/aromatic N) is 3. The largest absolute Gasteiger partial charge is 0.451 e. The van der Waals surface area contributed by atoms with Crippen LogP contribution in [-0.4, -0.2) is 52.4 Å². The highest BCUT2D eigenvalue weighted by Gasteiger charge is 2.55. The molecular formula is C19H19F2N3O2. The minimum absolute atomic E-state index is 0.0537. The number of fused-ring (bicyclic) bond motifs is 2. The van der Waals surface area contributed by atoms with Crippen LogP contribution in [0, 0.1) is 17.6 Å². The molecule has 5 nitrogen and oxygen atoms in total. The van der Waals surface area contributed by atoms with Crippen molar-refractivity contribution in [2.24, 2.45) is 5.92 Å². The fourth-order valence-corrected chi connectivity index (χ4v) is 5.20. The number of hydrogen-bond acceptors (Lipinski definition) is 4. The van der Waals surface area contributed by atoms with Gasteiger partial charge in [-0.05, 0) is 49.5 Å². The molecule has 4 aliphatic heterocycles. The second-order valence-corrected chi connectivity index (χ2v) is 7.50. The lowest BCUT2D eigenvalue weighted by molar-refractivity contribution is -0.00361. The van der Waals surface area contributed by atoms with Crippen LogP contribution in [0.2, 0.25) is 0 Å². The lowest BCUT2D eigenvalue weighted by Crippen LogP contribution is -2.60. The summed E-state index contributed by atoms with van der Waals surface area (Å²) in [7, 11) is 0. The molecule has 0 spiro atoms. The fourth-order valence-electron chi connectivity index (χ4n) is 5.20. The predicted octanol–water partition coefficient (Wildman–Crippen LogP) is 2.66. The van der Waals surface area contributed by atoms with Crippen molar-refractivity contribution in [3.05, 3.63) is 53.7 Å². The number of carbonyl (C=O) groups is 1. The molecule has 1 amide bonds. The molecule has 26 heavy (non-hydrogen) atoms. The summed E-state index contributed by atoms with van der Waals surface area (Å²) in [6.45, 7) is 2.40. The van der Waals surface area contributed by atoms with Crippen LogP contribution in [0.1, 0.15) is 34.8 Å². The molecule has 7 heteroatoms. The van der Waals surface area contributed by atoms with Gasteiger partial charge in [-0.25, -0.2) is 13.8 Å². The molecular weight excluding hydrogens is 340 g/mol. The summed E-state index contributed by atoms with van der Waals surface area (Å²) in [5.74, 6) is -1.00. The molecule has 4 fully saturated rings. The number of rotatable bonds is 2. The van der Waals surface area contributed by atoms with Gasteiger partial charge in [-0.1, -0.05) is 0 Å². The minimum atomic E-state index is -0.575. The molecule has 0 unspecified atom stereocenters. The van der Waals surface area contributed by atoms with Gasteiger partial charge in [0.2, 0.25) is 0 Å². The zero-order valence-electron chi connectivity index (χ0n) is 14.1. The maximum absolute atomic E-state index is 13.8. The van der Waals surface area contributed by atoms with Crippen molar-refractivity contribution >= 4 is 5.91 Å². The zero-order chi connectivity index (χ0) is 17.8. The van der Waals surface area contributed by atoms with Crippen LogP contribution >= 0.6 is 0 Å². The number of benzene rings is 1. The van der Waals surface area contributed by atoms with Gasteiger partial charge in [0.25, 0.3) is 5.91 Å². The van der Waals surface area contributed by atoms with Crippen LogP contribution < -0.4 is 0 Å². The molecule has 6 rings (SSSR count). The Hall–Kier alpha value is -2.28. The van der Waals surface area contributed by atoms with Crippen molar-refractivity contribution in [2.45, 2.75) is 30.8 Å². The second kappa shape index (κ2) is 5.87. The predicted molar refractivity (Wildman–Crippen MR) is 88.5 cm³/mol. The molecule has 2 aromatic rings. The highest BCUT2D eigenvalue weighted by atomic mass is 19.1. The van der Waals surface area contributed by atoms with Crippen LogP contribution in [0.15, 0.2) is 35.3 Å². The Bertz CT molecular complexity index is 813. The Morgan fingerprint density at radius 2 is 1.85 bits per heavy atom. The topological polar surface area (TPSA) is 49.6 Å². The molecule has 0 N–H and O–H groups in total. The summed E-state index contributed by atoms with van der Waals surface area (Å²) in [4.78, 5) is 21.2. The molecule has 4 aliphatic rings. The SMILES string of the molecule is O=C(c1cocn1)N1C[C@@H](c2cc(F)cc(F)c2)[C@@H]2[C@H]1C1CCN2CC1. The van der Waals surface area contributed by atoms with Gasteiger partial charge in [0.15, 0.2) is 12.1 Å². The molecule has 4 saturated heterocycles. The van der Waals surface area contributed by atoms with Crippen LogP contribution in [0.3, 0.4) is 0 Å². The third-order valence-electron chi connectivity index (χ3n) is 6.22. The first-order valence-electron chi connectivity index (χ1n) is 9.01. The molecule has 0 radical (unpaired) electrons. The van der Waals surface area contributed by atoms with Crippen molar-refractivity contribution in [1.29, 1.82) is 0 Å². The van der Waals surface area contributed by atoms with E-state index in [1.54, 1.807) is 0 Å². The maximum atomic E-state index is 13.8. The van der Waals surface area contributed by atoms with E-state index in [-0.39, 0.29) is 29.6 Å². The smallest absolute Gasteiger partial charge is 0.276 e. The van der Waals surface area contributed by atoms with Crippen LogP contribution in [-0.2, 0) is 0 Å². The van der Waals surface area contributed by atoms with Crippen LogP contribution in [0.5, 0.6) is 0 Å². The van der Waals surface area contributed by atoms with E-state index in [1.807, 2.05) is 4.90 Å². The highest BCUT2D eigenvalue weighted by Crippen LogP contribution is 2.47. The number of oxazole rings is 1. The molecule has 5 heterocycles. The summed E-state index contributed by atoms with van der Waals surface area (Å²) in [6.07, 6.45) is 4.70. The van der Waals surface area contributed by atoms with E-state index >= 15 is 0 Å². The fraction of sp³-hybridized carbons (Fsp3) is 0.474. The van der Waals surface area contributed by atoms with Crippen molar-refractivity contribution in [3.63, 3.8) is 0 Å². The highest BCUT2D eigenvalue weighted by molar-refractivity contribution is 5.92. The molecule has 0 saturated carbocycles. The molecule has 0 aliphatic carbocycles. The molecule has 1 aromatic carbocycles. The van der Waals surface area contributed by atoms with Crippen molar-refractivity contribution in [3.8, 4) is 0 Å². The average Bonchev–Trinajstić information content (AvgIpc) is 3.30. The van der Waals surface area contributed by atoms with Crippen molar-refractivity contribution < 1.29 is 18.0 Å². The van der Waals surface area contributed by atoms with Crippen LogP contribution in [0.4, 0.5) is 8.78 Å². The number of likely N-dealkylation sites (tertiary alicyclic amines) is 1. The van der Waals surface area contributed by atoms with E-state index in [1.165, 1.54) is 24.8 Å². The van der Waals surface area contributed by atoms with E-state index in [4.69, 9.17) is 4.42 Å². The Morgan fingerprint density at radius 1 is 1.12 bits per heavy atom. The average molecular weight is 359 g/mol. The summed E-state index contributed by atoms with van der Waals surface area (Å²) < 4.78 is 32.6. The summed E-state index contributed by atoms with van der Waals surface area (Å²) >= 11 is 0. The second-order valence-electron chi connectivity index (χ2n) is 7.50. The van der Waals surface area contributed by atoms with Gasteiger partial charge in [0.1, 0.15) is 17.9 Å². The molecule has 136 valence electrons. The summed E-state index contributed by atoms with van der Waals surface area (Å²) in [6, 6.07) is 3.84. The lowest BCUT2D eigenvalue weighted by atomic mass is 9.75. The van der Waals surface area contributed by atoms with E-state index in [0.29, 0.717) is 18.0 Å². The number of halogens is 2. The van der Waals surface area contributed by atoms with Gasteiger partial charge in [-0.2, -0.15) is 0 Å². The Labute approximate surface area is 149 Å². The van der Waals surface area contributed by atoms with Crippen LogP contribution in [0.25, 0.3) is 0 Å². The Morgan fingerprint density at radius 3 is 2.50 bits per heavy atom. The standard InChI is InChI=1S/C19H19F2N3O2/c20-13-5-12(6-14(21)7-13)15-8-24(19(25)16-9-26-10-22-16)17-11-1-3-23(4-2-11)18(15)17/h5-7,9-11,15,17-18H,1-4,8H2/t15-,17+,18+/m0/s1. The normalized spacial score (nSPS) is 32.7. The Balaban J connectivity index is 1.55. The summed E-state index contributed by atoms with van der Waals surface area (Å²) in [5.41, 5.74) is 0.909. The van der Waals surface area contributed by atoms with Crippen molar-refractivity contribution in [1.82, 2.24) is 14.8 Å². The van der Waals surface area contributed by atoms with Gasteiger partial charge in [-0.3, -0.25) is 9.69 Å². The van der Waals surface area contributed by atoms with Gasteiger partial charge >= 0.3 is 0 Å². The first-order chi connectivity index (χ1) is 12.6. The maximum Gasteiger partial charge on any atom is 0.276 e. The van der Waals surface area contributed by atoms with E-state index in [2.05, 4.69) is 9.88 Å². The molecule has 2 bridgehead atoms. The number of amides is 1. The first kappa shape index (κ1) is 15.9. The Kier molecular flexibility index (Phi) is 3.60. The number of hydrogen-bond donors (Lipinski definition) is 0. The third-order valence-corrected chi connectivity index (χ3v) is 6.22. The summed E-state index contributed by atoms with van der Waals surface area (Å²) in [5, 5.41) is 0. The number of carbonyl (C=O) groups excluding carboxylic acids is 1. The van der Waals surface area contributed by atoms with E-state index in [0.717, 1.165) is 32.0 Å². The van der Waals surface area contributed by atoms with Crippen molar-refractivity contribution in [2.75, 3.05) is 19.6 Å². The van der Waals surface area contributed by atoms with E-state index < -0.39 is 11.6 Å². The monoisotopic (exact) mass is 359 g/mol. The number of aromatic nitrogens is 1. The lowest BCUT2D eigenvalue weighted by Gasteiger charge is -2.51.